The first kappa shape index (κ1) is 12.3. The van der Waals surface area contributed by atoms with Crippen molar-refractivity contribution in [1.29, 1.82) is 0 Å². The Morgan fingerprint density at radius 1 is 1.25 bits per heavy atom. The second-order valence-corrected chi connectivity index (χ2v) is 4.50. The Morgan fingerprint density at radius 2 is 2.10 bits per heavy atom. The summed E-state index contributed by atoms with van der Waals surface area (Å²) in [6, 6.07) is 8.40. The number of pyridine rings is 1. The van der Waals surface area contributed by atoms with Crippen molar-refractivity contribution in [2.75, 3.05) is 5.73 Å². The number of aryl methyl sites for hydroxylation is 1. The number of nitrogens with zero attached hydrogens (tertiary/aromatic N) is 2. The van der Waals surface area contributed by atoms with Crippen molar-refractivity contribution in [3.05, 3.63) is 54.1 Å². The molecule has 100 valence electrons. The Labute approximate surface area is 115 Å². The van der Waals surface area contributed by atoms with Gasteiger partial charge in [0.25, 0.3) is 0 Å². The van der Waals surface area contributed by atoms with Gasteiger partial charge in [-0.2, -0.15) is 0 Å². The van der Waals surface area contributed by atoms with E-state index in [1.54, 1.807) is 30.6 Å². The van der Waals surface area contributed by atoms with E-state index in [0.717, 1.165) is 11.1 Å². The lowest BCUT2D eigenvalue weighted by molar-refractivity contribution is 0.433. The van der Waals surface area contributed by atoms with Gasteiger partial charge in [-0.05, 0) is 25.1 Å². The maximum atomic E-state index is 14.0. The fourth-order valence-corrected chi connectivity index (χ4v) is 2.09. The maximum Gasteiger partial charge on any atom is 0.179 e. The van der Waals surface area contributed by atoms with Crippen molar-refractivity contribution in [1.82, 2.24) is 10.1 Å². The van der Waals surface area contributed by atoms with Gasteiger partial charge in [-0.25, -0.2) is 4.39 Å². The molecular weight excluding hydrogens is 257 g/mol. The van der Waals surface area contributed by atoms with Crippen LogP contribution in [0, 0.1) is 12.7 Å². The van der Waals surface area contributed by atoms with Crippen LogP contribution in [0.5, 0.6) is 0 Å². The van der Waals surface area contributed by atoms with Gasteiger partial charge in [0.15, 0.2) is 11.6 Å². The second-order valence-electron chi connectivity index (χ2n) is 4.50. The van der Waals surface area contributed by atoms with Crippen LogP contribution in [-0.2, 0) is 0 Å². The number of nitrogens with two attached hydrogens (primary N) is 1. The molecule has 5 heteroatoms. The molecule has 2 N–H and O–H groups in total. The minimum atomic E-state index is -0.378. The molecule has 0 radical (unpaired) electrons. The molecule has 2 heterocycles. The molecule has 0 amide bonds. The van der Waals surface area contributed by atoms with Crippen molar-refractivity contribution in [3.63, 3.8) is 0 Å². The molecule has 3 aromatic rings. The largest absolute Gasteiger partial charge is 0.380 e. The molecular formula is C15H12FN3O. The molecule has 0 aliphatic heterocycles. The first-order valence-corrected chi connectivity index (χ1v) is 6.09. The SMILES string of the molecule is Cc1ccc(F)c(-c2onc(N)c2-c2cccnc2)c1. The van der Waals surface area contributed by atoms with Crippen LogP contribution in [0.4, 0.5) is 10.2 Å². The van der Waals surface area contributed by atoms with E-state index in [2.05, 4.69) is 10.1 Å². The average Bonchev–Trinajstić information content (AvgIpc) is 2.84. The highest BCUT2D eigenvalue weighted by atomic mass is 19.1. The summed E-state index contributed by atoms with van der Waals surface area (Å²) in [5.41, 5.74) is 8.41. The highest BCUT2D eigenvalue weighted by molar-refractivity contribution is 5.86. The van der Waals surface area contributed by atoms with E-state index >= 15 is 0 Å². The van der Waals surface area contributed by atoms with Crippen LogP contribution in [0.15, 0.2) is 47.2 Å². The molecule has 0 atom stereocenters. The van der Waals surface area contributed by atoms with Gasteiger partial charge < -0.3 is 10.3 Å². The summed E-state index contributed by atoms with van der Waals surface area (Å²) in [4.78, 5) is 4.04. The monoisotopic (exact) mass is 269 g/mol. The Hall–Kier alpha value is -2.69. The normalized spacial score (nSPS) is 10.7. The standard InChI is InChI=1S/C15H12FN3O/c1-9-4-5-12(16)11(7-9)14-13(15(17)19-20-14)10-3-2-6-18-8-10/h2-8H,1H3,(H2,17,19). The summed E-state index contributed by atoms with van der Waals surface area (Å²) in [6.45, 7) is 1.88. The molecule has 0 aliphatic rings. The summed E-state index contributed by atoms with van der Waals surface area (Å²) in [7, 11) is 0. The van der Waals surface area contributed by atoms with E-state index in [4.69, 9.17) is 10.3 Å². The van der Waals surface area contributed by atoms with Crippen LogP contribution in [0.3, 0.4) is 0 Å². The minimum Gasteiger partial charge on any atom is -0.380 e. The lowest BCUT2D eigenvalue weighted by Gasteiger charge is -2.04. The number of hydrogen-bond donors (Lipinski definition) is 1. The number of rotatable bonds is 2. The zero-order chi connectivity index (χ0) is 14.1. The third-order valence-corrected chi connectivity index (χ3v) is 3.04. The lowest BCUT2D eigenvalue weighted by atomic mass is 10.0. The van der Waals surface area contributed by atoms with E-state index in [9.17, 15) is 4.39 Å². The van der Waals surface area contributed by atoms with Crippen molar-refractivity contribution < 1.29 is 8.91 Å². The van der Waals surface area contributed by atoms with Gasteiger partial charge in [0.05, 0.1) is 11.1 Å². The molecule has 0 unspecified atom stereocenters. The quantitative estimate of drug-likeness (QED) is 0.774. The molecule has 0 spiro atoms. The number of nitrogen functional groups attached to an aromatic ring is 1. The van der Waals surface area contributed by atoms with Crippen LogP contribution < -0.4 is 5.73 Å². The molecule has 2 aromatic heterocycles. The van der Waals surface area contributed by atoms with Crippen LogP contribution in [0.25, 0.3) is 22.5 Å². The first-order valence-electron chi connectivity index (χ1n) is 6.09. The molecule has 0 saturated heterocycles. The molecule has 20 heavy (non-hydrogen) atoms. The molecule has 4 nitrogen and oxygen atoms in total. The predicted octanol–water partition coefficient (Wildman–Crippen LogP) is 3.43. The number of hydrogen-bond acceptors (Lipinski definition) is 4. The van der Waals surface area contributed by atoms with Gasteiger partial charge in [0, 0.05) is 18.0 Å². The lowest BCUT2D eigenvalue weighted by Crippen LogP contribution is -1.91. The summed E-state index contributed by atoms with van der Waals surface area (Å²) in [5, 5.41) is 3.75. The van der Waals surface area contributed by atoms with Gasteiger partial charge in [-0.3, -0.25) is 4.98 Å². The van der Waals surface area contributed by atoms with E-state index < -0.39 is 0 Å². The van der Waals surface area contributed by atoms with E-state index in [0.29, 0.717) is 16.9 Å². The number of aromatic nitrogens is 2. The third-order valence-electron chi connectivity index (χ3n) is 3.04. The van der Waals surface area contributed by atoms with Crippen molar-refractivity contribution >= 4 is 5.82 Å². The van der Waals surface area contributed by atoms with Gasteiger partial charge in [-0.15, -0.1) is 0 Å². The zero-order valence-electron chi connectivity index (χ0n) is 10.8. The molecule has 0 bridgehead atoms. The van der Waals surface area contributed by atoms with Crippen LogP contribution in [-0.4, -0.2) is 10.1 Å². The second kappa shape index (κ2) is 4.77. The van der Waals surface area contributed by atoms with Gasteiger partial charge in [0.2, 0.25) is 0 Å². The van der Waals surface area contributed by atoms with E-state index in [1.165, 1.54) is 6.07 Å². The van der Waals surface area contributed by atoms with Gasteiger partial charge >= 0.3 is 0 Å². The molecule has 1 aromatic carbocycles. The fourth-order valence-electron chi connectivity index (χ4n) is 2.09. The van der Waals surface area contributed by atoms with Crippen molar-refractivity contribution in [2.45, 2.75) is 6.92 Å². The number of halogens is 1. The third kappa shape index (κ3) is 2.03. The highest BCUT2D eigenvalue weighted by Crippen LogP contribution is 2.37. The molecule has 0 saturated carbocycles. The number of benzene rings is 1. The van der Waals surface area contributed by atoms with E-state index in [1.807, 2.05) is 13.0 Å². The Balaban J connectivity index is 2.24. The zero-order valence-corrected chi connectivity index (χ0v) is 10.8. The maximum absolute atomic E-state index is 14.0. The first-order chi connectivity index (χ1) is 9.66. The molecule has 0 aliphatic carbocycles. The summed E-state index contributed by atoms with van der Waals surface area (Å²) in [5.74, 6) is 0.155. The minimum absolute atomic E-state index is 0.217. The smallest absolute Gasteiger partial charge is 0.179 e. The topological polar surface area (TPSA) is 64.9 Å². The average molecular weight is 269 g/mol. The summed E-state index contributed by atoms with van der Waals surface area (Å²) in [6.07, 6.45) is 3.29. The van der Waals surface area contributed by atoms with Crippen LogP contribution in [0.1, 0.15) is 5.56 Å². The summed E-state index contributed by atoms with van der Waals surface area (Å²) < 4.78 is 19.2. The summed E-state index contributed by atoms with van der Waals surface area (Å²) >= 11 is 0. The molecule has 0 fully saturated rings. The van der Waals surface area contributed by atoms with Crippen molar-refractivity contribution in [3.8, 4) is 22.5 Å². The Morgan fingerprint density at radius 3 is 2.85 bits per heavy atom. The van der Waals surface area contributed by atoms with Gasteiger partial charge in [0.1, 0.15) is 5.82 Å². The Kier molecular flexibility index (Phi) is 2.95. The van der Waals surface area contributed by atoms with Crippen molar-refractivity contribution in [2.24, 2.45) is 0 Å². The van der Waals surface area contributed by atoms with E-state index in [-0.39, 0.29) is 11.6 Å². The highest BCUT2D eigenvalue weighted by Gasteiger charge is 2.20. The van der Waals surface area contributed by atoms with Gasteiger partial charge in [-0.1, -0.05) is 22.9 Å². The van der Waals surface area contributed by atoms with Crippen LogP contribution >= 0.6 is 0 Å². The fraction of sp³-hybridized carbons (Fsp3) is 0.0667. The molecule has 3 rings (SSSR count). The number of anilines is 1. The predicted molar refractivity (Wildman–Crippen MR) is 74.3 cm³/mol. The van der Waals surface area contributed by atoms with Crippen LogP contribution in [0.2, 0.25) is 0 Å². The Bertz CT molecular complexity index is 753.